The Balaban J connectivity index is 1.93. The normalized spacial score (nSPS) is 16.8. The highest BCUT2D eigenvalue weighted by Gasteiger charge is 2.35. The van der Waals surface area contributed by atoms with Crippen LogP contribution in [0, 0.1) is 5.92 Å². The minimum Gasteiger partial charge on any atom is -0.482 e. The molecule has 1 aliphatic rings. The lowest BCUT2D eigenvalue weighted by Crippen LogP contribution is -2.58. The van der Waals surface area contributed by atoms with Crippen molar-refractivity contribution in [2.24, 2.45) is 5.92 Å². The maximum Gasteiger partial charge on any atom is 0.308 e. The van der Waals surface area contributed by atoms with Gasteiger partial charge in [-0.25, -0.2) is 0 Å². The van der Waals surface area contributed by atoms with Gasteiger partial charge in [0.25, 0.3) is 5.91 Å². The fourth-order valence-corrected chi connectivity index (χ4v) is 2.82. The molecule has 0 saturated carbocycles. The topological polar surface area (TPSA) is 84.9 Å². The van der Waals surface area contributed by atoms with Gasteiger partial charge in [-0.3, -0.25) is 14.4 Å². The number of ether oxygens (including phenoxy) is 2. The van der Waals surface area contributed by atoms with E-state index < -0.39 is 12.0 Å². The van der Waals surface area contributed by atoms with Gasteiger partial charge in [0.1, 0.15) is 11.8 Å². The molecule has 1 aliphatic heterocycles. The Morgan fingerprint density at radius 3 is 2.78 bits per heavy atom. The van der Waals surface area contributed by atoms with Crippen LogP contribution >= 0.6 is 11.6 Å². The average molecular weight is 397 g/mol. The van der Waals surface area contributed by atoms with Crippen LogP contribution in [0.3, 0.4) is 0 Å². The lowest BCUT2D eigenvalue weighted by atomic mass is 10.1. The second-order valence-corrected chi connectivity index (χ2v) is 7.13. The number of amides is 2. The third-order valence-corrected chi connectivity index (χ3v) is 4.47. The van der Waals surface area contributed by atoms with Crippen molar-refractivity contribution in [3.8, 4) is 5.75 Å². The van der Waals surface area contributed by atoms with E-state index >= 15 is 0 Å². The SMILES string of the molecule is CC(C)CCOC(=O)CC1C(=O)NCCN1C(=O)COc1ccccc1Cl. The van der Waals surface area contributed by atoms with E-state index in [1.807, 2.05) is 13.8 Å². The molecular weight excluding hydrogens is 372 g/mol. The largest absolute Gasteiger partial charge is 0.482 e. The van der Waals surface area contributed by atoms with Gasteiger partial charge in [-0.2, -0.15) is 0 Å². The molecule has 1 saturated heterocycles. The second kappa shape index (κ2) is 10.2. The van der Waals surface area contributed by atoms with E-state index in [9.17, 15) is 14.4 Å². The number of carbonyl (C=O) groups excluding carboxylic acids is 3. The van der Waals surface area contributed by atoms with Crippen molar-refractivity contribution < 1.29 is 23.9 Å². The molecule has 2 amide bonds. The zero-order valence-electron chi connectivity index (χ0n) is 15.6. The van der Waals surface area contributed by atoms with Gasteiger partial charge in [0.15, 0.2) is 6.61 Å². The number of hydrogen-bond acceptors (Lipinski definition) is 5. The number of nitrogens with zero attached hydrogens (tertiary/aromatic N) is 1. The molecule has 1 atom stereocenters. The average Bonchev–Trinajstić information content (AvgIpc) is 2.62. The molecular formula is C19H25ClN2O5. The summed E-state index contributed by atoms with van der Waals surface area (Å²) >= 11 is 6.01. The van der Waals surface area contributed by atoms with E-state index in [1.165, 1.54) is 4.90 Å². The Hall–Kier alpha value is -2.28. The van der Waals surface area contributed by atoms with Crippen LogP contribution < -0.4 is 10.1 Å². The number of para-hydroxylation sites is 1. The molecule has 0 aliphatic carbocycles. The molecule has 1 N–H and O–H groups in total. The summed E-state index contributed by atoms with van der Waals surface area (Å²) in [5, 5.41) is 3.07. The molecule has 0 spiro atoms. The number of piperazine rings is 1. The third kappa shape index (κ3) is 6.43. The van der Waals surface area contributed by atoms with Crippen molar-refractivity contribution in [1.29, 1.82) is 0 Å². The number of hydrogen-bond donors (Lipinski definition) is 1. The fraction of sp³-hybridized carbons (Fsp3) is 0.526. The van der Waals surface area contributed by atoms with Crippen molar-refractivity contribution in [3.63, 3.8) is 0 Å². The first kappa shape index (κ1) is 21.0. The van der Waals surface area contributed by atoms with Crippen LogP contribution in [0.4, 0.5) is 0 Å². The number of nitrogens with one attached hydrogen (secondary N) is 1. The standard InChI is InChI=1S/C19H25ClN2O5/c1-13(2)7-10-26-18(24)11-15-19(25)21-8-9-22(15)17(23)12-27-16-6-4-3-5-14(16)20/h3-6,13,15H,7-12H2,1-2H3,(H,21,25). The quantitative estimate of drug-likeness (QED) is 0.679. The van der Waals surface area contributed by atoms with Crippen LogP contribution in [-0.4, -0.2) is 55.0 Å². The first-order valence-electron chi connectivity index (χ1n) is 8.98. The van der Waals surface area contributed by atoms with E-state index in [1.54, 1.807) is 24.3 Å². The van der Waals surface area contributed by atoms with Crippen LogP contribution in [0.25, 0.3) is 0 Å². The summed E-state index contributed by atoms with van der Waals surface area (Å²) in [6.45, 7) is 4.73. The van der Waals surface area contributed by atoms with Gasteiger partial charge in [-0.1, -0.05) is 37.6 Å². The van der Waals surface area contributed by atoms with Crippen molar-refractivity contribution in [2.75, 3.05) is 26.3 Å². The summed E-state index contributed by atoms with van der Waals surface area (Å²) in [5.41, 5.74) is 0. The summed E-state index contributed by atoms with van der Waals surface area (Å²) in [6, 6.07) is 5.92. The lowest BCUT2D eigenvalue weighted by Gasteiger charge is -2.34. The smallest absolute Gasteiger partial charge is 0.308 e. The number of rotatable bonds is 8. The number of carbonyl (C=O) groups is 3. The van der Waals surface area contributed by atoms with E-state index in [4.69, 9.17) is 21.1 Å². The van der Waals surface area contributed by atoms with E-state index in [-0.39, 0.29) is 24.8 Å². The Labute approximate surface area is 163 Å². The van der Waals surface area contributed by atoms with Crippen LogP contribution in [0.15, 0.2) is 24.3 Å². The van der Waals surface area contributed by atoms with Crippen molar-refractivity contribution >= 4 is 29.4 Å². The Bertz CT molecular complexity index is 680. The predicted octanol–water partition coefficient (Wildman–Crippen LogP) is 2.03. The molecule has 0 bridgehead atoms. The van der Waals surface area contributed by atoms with Crippen LogP contribution in [-0.2, 0) is 19.1 Å². The molecule has 1 fully saturated rings. The molecule has 1 heterocycles. The molecule has 7 nitrogen and oxygen atoms in total. The van der Waals surface area contributed by atoms with Crippen molar-refractivity contribution in [1.82, 2.24) is 10.2 Å². The van der Waals surface area contributed by atoms with Gasteiger partial charge in [0.05, 0.1) is 18.1 Å². The Morgan fingerprint density at radius 2 is 2.07 bits per heavy atom. The van der Waals surface area contributed by atoms with E-state index in [0.717, 1.165) is 6.42 Å². The fourth-order valence-electron chi connectivity index (χ4n) is 2.63. The molecule has 27 heavy (non-hydrogen) atoms. The molecule has 0 radical (unpaired) electrons. The van der Waals surface area contributed by atoms with Crippen LogP contribution in [0.5, 0.6) is 5.75 Å². The first-order chi connectivity index (χ1) is 12.9. The molecule has 1 unspecified atom stereocenters. The molecule has 8 heteroatoms. The van der Waals surface area contributed by atoms with Gasteiger partial charge in [-0.15, -0.1) is 0 Å². The summed E-state index contributed by atoms with van der Waals surface area (Å²) in [7, 11) is 0. The van der Waals surface area contributed by atoms with Crippen LogP contribution in [0.2, 0.25) is 5.02 Å². The highest BCUT2D eigenvalue weighted by atomic mass is 35.5. The highest BCUT2D eigenvalue weighted by Crippen LogP contribution is 2.23. The minimum atomic E-state index is -0.896. The summed E-state index contributed by atoms with van der Waals surface area (Å²) in [5.74, 6) is -0.449. The zero-order chi connectivity index (χ0) is 19.8. The summed E-state index contributed by atoms with van der Waals surface area (Å²) < 4.78 is 10.6. The van der Waals surface area contributed by atoms with Gasteiger partial charge in [0, 0.05) is 13.1 Å². The summed E-state index contributed by atoms with van der Waals surface area (Å²) in [4.78, 5) is 38.1. The van der Waals surface area contributed by atoms with Gasteiger partial charge >= 0.3 is 5.97 Å². The lowest BCUT2D eigenvalue weighted by molar-refractivity contribution is -0.152. The monoisotopic (exact) mass is 396 g/mol. The van der Waals surface area contributed by atoms with Gasteiger partial charge < -0.3 is 19.7 Å². The van der Waals surface area contributed by atoms with E-state index in [0.29, 0.717) is 36.4 Å². The molecule has 1 aromatic carbocycles. The second-order valence-electron chi connectivity index (χ2n) is 6.72. The Kier molecular flexibility index (Phi) is 7.91. The Morgan fingerprint density at radius 1 is 1.33 bits per heavy atom. The number of halogens is 1. The van der Waals surface area contributed by atoms with Crippen molar-refractivity contribution in [2.45, 2.75) is 32.7 Å². The highest BCUT2D eigenvalue weighted by molar-refractivity contribution is 6.32. The molecule has 0 aromatic heterocycles. The molecule has 2 rings (SSSR count). The first-order valence-corrected chi connectivity index (χ1v) is 9.36. The number of esters is 1. The molecule has 1 aromatic rings. The van der Waals surface area contributed by atoms with Crippen LogP contribution in [0.1, 0.15) is 26.7 Å². The summed E-state index contributed by atoms with van der Waals surface area (Å²) in [6.07, 6.45) is 0.568. The van der Waals surface area contributed by atoms with Crippen molar-refractivity contribution in [3.05, 3.63) is 29.3 Å². The maximum atomic E-state index is 12.5. The zero-order valence-corrected chi connectivity index (χ0v) is 16.3. The maximum absolute atomic E-state index is 12.5. The number of benzene rings is 1. The van der Waals surface area contributed by atoms with Gasteiger partial charge in [-0.05, 0) is 24.5 Å². The third-order valence-electron chi connectivity index (χ3n) is 4.16. The van der Waals surface area contributed by atoms with Gasteiger partial charge in [0.2, 0.25) is 5.91 Å². The minimum absolute atomic E-state index is 0.179. The predicted molar refractivity (Wildman–Crippen MR) is 100 cm³/mol. The molecule has 148 valence electrons. The van der Waals surface area contributed by atoms with E-state index in [2.05, 4.69) is 5.32 Å².